The van der Waals surface area contributed by atoms with Crippen LogP contribution in [0.3, 0.4) is 0 Å². The summed E-state index contributed by atoms with van der Waals surface area (Å²) in [7, 11) is 1.61. The SMILES string of the molecule is Cn1c(=O)nc(N2CCCC3(CC2)COC(c2ccc(OC(F)(F)F)cc2)=N3)c2nc(C#N)ccc21. The number of hydrogen-bond donors (Lipinski definition) is 0. The van der Waals surface area contributed by atoms with Gasteiger partial charge in [-0.1, -0.05) is 0 Å². The van der Waals surface area contributed by atoms with E-state index in [4.69, 9.17) is 9.73 Å². The van der Waals surface area contributed by atoms with Gasteiger partial charge in [0.25, 0.3) is 0 Å². The molecule has 2 aliphatic heterocycles. The van der Waals surface area contributed by atoms with Crippen LogP contribution in [0, 0.1) is 11.3 Å². The highest BCUT2D eigenvalue weighted by molar-refractivity contribution is 5.95. The predicted octanol–water partition coefficient (Wildman–Crippen LogP) is 3.30. The Hall–Kier alpha value is -4.14. The topological polar surface area (TPSA) is 106 Å². The fraction of sp³-hybridized carbons (Fsp3) is 0.375. The van der Waals surface area contributed by atoms with Crippen LogP contribution in [0.1, 0.15) is 30.5 Å². The van der Waals surface area contributed by atoms with Gasteiger partial charge in [-0.05, 0) is 55.7 Å². The highest BCUT2D eigenvalue weighted by Crippen LogP contribution is 2.35. The minimum Gasteiger partial charge on any atom is -0.475 e. The molecule has 12 heteroatoms. The number of rotatable bonds is 3. The lowest BCUT2D eigenvalue weighted by Gasteiger charge is -2.24. The first-order chi connectivity index (χ1) is 17.2. The second-order valence-electron chi connectivity index (χ2n) is 8.80. The van der Waals surface area contributed by atoms with Crippen molar-refractivity contribution in [3.8, 4) is 11.8 Å². The van der Waals surface area contributed by atoms with Crippen LogP contribution in [0.15, 0.2) is 46.2 Å². The van der Waals surface area contributed by atoms with Crippen LogP contribution in [0.5, 0.6) is 5.75 Å². The summed E-state index contributed by atoms with van der Waals surface area (Å²) >= 11 is 0. The summed E-state index contributed by atoms with van der Waals surface area (Å²) in [6, 6.07) is 10.7. The largest absolute Gasteiger partial charge is 0.573 e. The molecule has 2 aliphatic rings. The number of nitriles is 1. The van der Waals surface area contributed by atoms with Crippen LogP contribution in [-0.2, 0) is 11.8 Å². The molecular weight excluding hydrogens is 477 g/mol. The van der Waals surface area contributed by atoms with E-state index in [1.807, 2.05) is 11.0 Å². The fourth-order valence-electron chi connectivity index (χ4n) is 4.57. The molecule has 36 heavy (non-hydrogen) atoms. The number of hydrogen-bond acceptors (Lipinski definition) is 8. The maximum absolute atomic E-state index is 12.5. The minimum atomic E-state index is -4.76. The van der Waals surface area contributed by atoms with Gasteiger partial charge in [0.15, 0.2) is 5.82 Å². The molecule has 1 fully saturated rings. The molecule has 2 aromatic heterocycles. The number of nitrogens with zero attached hydrogens (tertiary/aromatic N) is 6. The molecule has 0 radical (unpaired) electrons. The Morgan fingerprint density at radius 3 is 2.61 bits per heavy atom. The standard InChI is InChI=1S/C24H21F3N6O3/c1-32-18-8-5-16(13-28)29-19(18)20(30-22(32)34)33-11-2-9-23(10-12-33)14-35-21(31-23)15-3-6-17(7-4-15)36-24(25,26)27/h3-8H,2,9-12,14H2,1H3. The Bertz CT molecular complexity index is 1440. The second-order valence-corrected chi connectivity index (χ2v) is 8.80. The first-order valence-corrected chi connectivity index (χ1v) is 11.3. The van der Waals surface area contributed by atoms with E-state index in [-0.39, 0.29) is 11.4 Å². The van der Waals surface area contributed by atoms with Crippen molar-refractivity contribution in [1.82, 2.24) is 14.5 Å². The monoisotopic (exact) mass is 498 g/mol. The predicted molar refractivity (Wildman–Crippen MR) is 124 cm³/mol. The molecule has 1 spiro atoms. The summed E-state index contributed by atoms with van der Waals surface area (Å²) in [5.41, 5.74) is 0.970. The van der Waals surface area contributed by atoms with Crippen LogP contribution < -0.4 is 15.3 Å². The van der Waals surface area contributed by atoms with E-state index in [0.717, 1.165) is 12.8 Å². The van der Waals surface area contributed by atoms with E-state index < -0.39 is 17.6 Å². The molecule has 0 aliphatic carbocycles. The Balaban J connectivity index is 1.39. The van der Waals surface area contributed by atoms with E-state index in [2.05, 4.69) is 14.7 Å². The van der Waals surface area contributed by atoms with Gasteiger partial charge in [-0.3, -0.25) is 4.57 Å². The van der Waals surface area contributed by atoms with Gasteiger partial charge in [0.2, 0.25) is 5.90 Å². The van der Waals surface area contributed by atoms with Crippen LogP contribution in [0.4, 0.5) is 19.0 Å². The number of benzene rings is 1. The lowest BCUT2D eigenvalue weighted by molar-refractivity contribution is -0.274. The average Bonchev–Trinajstić information content (AvgIpc) is 3.15. The van der Waals surface area contributed by atoms with E-state index >= 15 is 0 Å². The molecule has 5 rings (SSSR count). The quantitative estimate of drug-likeness (QED) is 0.546. The second kappa shape index (κ2) is 8.82. The molecule has 1 aromatic carbocycles. The third kappa shape index (κ3) is 4.56. The maximum Gasteiger partial charge on any atom is 0.573 e. The summed E-state index contributed by atoms with van der Waals surface area (Å²) in [6.45, 7) is 1.49. The summed E-state index contributed by atoms with van der Waals surface area (Å²) in [5, 5.41) is 9.29. The van der Waals surface area contributed by atoms with Gasteiger partial charge in [0.05, 0.1) is 5.52 Å². The zero-order valence-corrected chi connectivity index (χ0v) is 19.2. The van der Waals surface area contributed by atoms with Gasteiger partial charge in [0, 0.05) is 25.7 Å². The average molecular weight is 498 g/mol. The summed E-state index contributed by atoms with van der Waals surface area (Å²) in [5.74, 6) is 0.497. The summed E-state index contributed by atoms with van der Waals surface area (Å²) < 4.78 is 48.5. The van der Waals surface area contributed by atoms with Crippen molar-refractivity contribution < 1.29 is 22.6 Å². The van der Waals surface area contributed by atoms with Crippen LogP contribution in [-0.4, -0.2) is 52.0 Å². The van der Waals surface area contributed by atoms with E-state index in [1.165, 1.54) is 28.8 Å². The van der Waals surface area contributed by atoms with Gasteiger partial charge < -0.3 is 14.4 Å². The number of aryl methyl sites for hydroxylation is 1. The third-order valence-corrected chi connectivity index (χ3v) is 6.42. The molecule has 1 saturated heterocycles. The highest BCUT2D eigenvalue weighted by atomic mass is 19.4. The normalized spacial score (nSPS) is 20.1. The van der Waals surface area contributed by atoms with Gasteiger partial charge in [0.1, 0.15) is 35.2 Å². The molecule has 186 valence electrons. The molecule has 1 atom stereocenters. The Kier molecular flexibility index (Phi) is 5.78. The van der Waals surface area contributed by atoms with Crippen LogP contribution >= 0.6 is 0 Å². The van der Waals surface area contributed by atoms with Crippen molar-refractivity contribution in [2.24, 2.45) is 12.0 Å². The summed E-state index contributed by atoms with van der Waals surface area (Å²) in [6.07, 6.45) is -2.67. The third-order valence-electron chi connectivity index (χ3n) is 6.42. The highest BCUT2D eigenvalue weighted by Gasteiger charge is 2.39. The van der Waals surface area contributed by atoms with Crippen molar-refractivity contribution in [3.05, 3.63) is 58.1 Å². The smallest absolute Gasteiger partial charge is 0.475 e. The lowest BCUT2D eigenvalue weighted by Crippen LogP contribution is -2.33. The van der Waals surface area contributed by atoms with Crippen molar-refractivity contribution in [2.45, 2.75) is 31.2 Å². The van der Waals surface area contributed by atoms with Crippen LogP contribution in [0.25, 0.3) is 11.0 Å². The molecule has 0 saturated carbocycles. The van der Waals surface area contributed by atoms with Crippen molar-refractivity contribution in [2.75, 3.05) is 24.6 Å². The number of halogens is 3. The van der Waals surface area contributed by atoms with Gasteiger partial charge >= 0.3 is 12.1 Å². The Labute approximate surface area is 203 Å². The number of fused-ring (bicyclic) bond motifs is 1. The van der Waals surface area contributed by atoms with Crippen molar-refractivity contribution >= 4 is 22.7 Å². The van der Waals surface area contributed by atoms with Gasteiger partial charge in [-0.2, -0.15) is 10.2 Å². The van der Waals surface area contributed by atoms with E-state index in [9.17, 15) is 23.2 Å². The Morgan fingerprint density at radius 1 is 1.11 bits per heavy atom. The molecule has 0 bridgehead atoms. The van der Waals surface area contributed by atoms with Crippen molar-refractivity contribution in [1.29, 1.82) is 5.26 Å². The van der Waals surface area contributed by atoms with Crippen molar-refractivity contribution in [3.63, 3.8) is 0 Å². The molecule has 4 heterocycles. The number of alkyl halides is 3. The molecule has 3 aromatic rings. The molecule has 1 unspecified atom stereocenters. The molecule has 0 N–H and O–H groups in total. The van der Waals surface area contributed by atoms with E-state index in [0.29, 0.717) is 54.4 Å². The van der Waals surface area contributed by atoms with Crippen LogP contribution in [0.2, 0.25) is 0 Å². The lowest BCUT2D eigenvalue weighted by atomic mass is 9.93. The molecular formula is C24H21F3N6O3. The fourth-order valence-corrected chi connectivity index (χ4v) is 4.57. The number of aromatic nitrogens is 3. The van der Waals surface area contributed by atoms with Gasteiger partial charge in [-0.15, -0.1) is 13.2 Å². The molecule has 0 amide bonds. The minimum absolute atomic E-state index is 0.237. The first kappa shape index (κ1) is 23.6. The number of anilines is 1. The zero-order chi connectivity index (χ0) is 25.5. The Morgan fingerprint density at radius 2 is 1.89 bits per heavy atom. The van der Waals surface area contributed by atoms with E-state index in [1.54, 1.807) is 19.2 Å². The summed E-state index contributed by atoms with van der Waals surface area (Å²) in [4.78, 5) is 28.0. The number of pyridine rings is 1. The first-order valence-electron chi connectivity index (χ1n) is 11.3. The number of ether oxygens (including phenoxy) is 2. The van der Waals surface area contributed by atoms with Gasteiger partial charge in [-0.25, -0.2) is 14.8 Å². The number of aliphatic imine (C=N–C) groups is 1. The zero-order valence-electron chi connectivity index (χ0n) is 19.2. The molecule has 9 nitrogen and oxygen atoms in total. The maximum atomic E-state index is 12.5.